The number of rotatable bonds is 4. The van der Waals surface area contributed by atoms with Gasteiger partial charge in [0.05, 0.1) is 13.1 Å². The monoisotopic (exact) mass is 244 g/mol. The second-order valence-corrected chi connectivity index (χ2v) is 5.45. The Morgan fingerprint density at radius 3 is 1.87 bits per heavy atom. The molecule has 0 unspecified atom stereocenters. The molecule has 0 fully saturated rings. The molecule has 2 heterocycles. The van der Waals surface area contributed by atoms with E-state index < -0.39 is 0 Å². The van der Waals surface area contributed by atoms with E-state index in [0.29, 0.717) is 0 Å². The molecule has 0 saturated heterocycles. The lowest BCUT2D eigenvalue weighted by atomic mass is 10.6. The van der Waals surface area contributed by atoms with Gasteiger partial charge in [0.2, 0.25) is 0 Å². The van der Waals surface area contributed by atoms with Gasteiger partial charge in [-0.2, -0.15) is 0 Å². The maximum Gasteiger partial charge on any atom is 0.156 e. The average molecular weight is 244 g/mol. The summed E-state index contributed by atoms with van der Waals surface area (Å²) >= 11 is 3.66. The molecule has 4 nitrogen and oxygen atoms in total. The van der Waals surface area contributed by atoms with Crippen molar-refractivity contribution >= 4 is 33.9 Å². The SMILES string of the molecule is C(CSC1=NCCN1)CSC1=NCCN1. The Labute approximate surface area is 98.8 Å². The van der Waals surface area contributed by atoms with Crippen LogP contribution in [-0.4, -0.2) is 48.0 Å². The molecule has 0 spiro atoms. The minimum atomic E-state index is 0.942. The van der Waals surface area contributed by atoms with E-state index in [4.69, 9.17) is 0 Å². The fourth-order valence-corrected chi connectivity index (χ4v) is 3.26. The van der Waals surface area contributed by atoms with Gasteiger partial charge < -0.3 is 10.6 Å². The van der Waals surface area contributed by atoms with E-state index in [1.807, 2.05) is 23.5 Å². The van der Waals surface area contributed by atoms with E-state index in [1.54, 1.807) is 0 Å². The fourth-order valence-electron chi connectivity index (χ4n) is 1.34. The number of hydrogen-bond donors (Lipinski definition) is 2. The third-order valence-electron chi connectivity index (χ3n) is 2.05. The topological polar surface area (TPSA) is 48.8 Å². The largest absolute Gasteiger partial charge is 0.363 e. The first-order valence-corrected chi connectivity index (χ1v) is 7.24. The Hall–Kier alpha value is -0.360. The van der Waals surface area contributed by atoms with Crippen LogP contribution in [0.5, 0.6) is 0 Å². The molecule has 0 aromatic rings. The predicted molar refractivity (Wildman–Crippen MR) is 70.1 cm³/mol. The summed E-state index contributed by atoms with van der Waals surface area (Å²) < 4.78 is 0. The second kappa shape index (κ2) is 6.27. The summed E-state index contributed by atoms with van der Waals surface area (Å²) in [6.07, 6.45) is 1.21. The molecule has 0 bridgehead atoms. The maximum atomic E-state index is 4.34. The smallest absolute Gasteiger partial charge is 0.156 e. The van der Waals surface area contributed by atoms with Gasteiger partial charge in [0.25, 0.3) is 0 Å². The maximum absolute atomic E-state index is 4.34. The van der Waals surface area contributed by atoms with E-state index in [0.717, 1.165) is 48.0 Å². The standard InChI is InChI=1S/C9H16N4S2/c1(6-14-8-10-2-3-11-8)7-15-9-12-4-5-13-9/h1-7H2,(H,10,11)(H,12,13). The molecule has 0 saturated carbocycles. The van der Waals surface area contributed by atoms with Crippen molar-refractivity contribution in [3.05, 3.63) is 0 Å². The Kier molecular flexibility index (Phi) is 4.66. The highest BCUT2D eigenvalue weighted by Crippen LogP contribution is 2.11. The molecule has 2 N–H and O–H groups in total. The van der Waals surface area contributed by atoms with Crippen LogP contribution in [-0.2, 0) is 0 Å². The zero-order valence-corrected chi connectivity index (χ0v) is 10.3. The van der Waals surface area contributed by atoms with Gasteiger partial charge in [-0.3, -0.25) is 9.98 Å². The van der Waals surface area contributed by atoms with Crippen molar-refractivity contribution in [3.8, 4) is 0 Å². The van der Waals surface area contributed by atoms with Crippen LogP contribution in [0, 0.1) is 0 Å². The molecule has 0 aliphatic carbocycles. The van der Waals surface area contributed by atoms with E-state index >= 15 is 0 Å². The van der Waals surface area contributed by atoms with Crippen molar-refractivity contribution in [1.82, 2.24) is 10.6 Å². The van der Waals surface area contributed by atoms with E-state index in [1.165, 1.54) is 6.42 Å². The van der Waals surface area contributed by atoms with Crippen LogP contribution in [0.15, 0.2) is 9.98 Å². The molecule has 84 valence electrons. The first-order valence-electron chi connectivity index (χ1n) is 5.27. The van der Waals surface area contributed by atoms with Gasteiger partial charge in [-0.1, -0.05) is 23.5 Å². The third-order valence-corrected chi connectivity index (χ3v) is 4.13. The molecule has 15 heavy (non-hydrogen) atoms. The van der Waals surface area contributed by atoms with Gasteiger partial charge in [0.1, 0.15) is 0 Å². The Balaban J connectivity index is 1.48. The van der Waals surface area contributed by atoms with Gasteiger partial charge in [-0.15, -0.1) is 0 Å². The highest BCUT2D eigenvalue weighted by molar-refractivity contribution is 8.14. The van der Waals surface area contributed by atoms with Gasteiger partial charge in [-0.25, -0.2) is 0 Å². The highest BCUT2D eigenvalue weighted by Gasteiger charge is 2.06. The third kappa shape index (κ3) is 3.95. The number of aliphatic imine (C=N–C) groups is 2. The zero-order chi connectivity index (χ0) is 10.3. The van der Waals surface area contributed by atoms with Crippen LogP contribution < -0.4 is 10.6 Å². The van der Waals surface area contributed by atoms with E-state index in [9.17, 15) is 0 Å². The molecular weight excluding hydrogens is 228 g/mol. The average Bonchev–Trinajstić information content (AvgIpc) is 2.88. The molecule has 2 rings (SSSR count). The summed E-state index contributed by atoms with van der Waals surface area (Å²) in [5.41, 5.74) is 0. The fraction of sp³-hybridized carbons (Fsp3) is 0.778. The first-order chi connectivity index (χ1) is 7.45. The summed E-state index contributed by atoms with van der Waals surface area (Å²) in [6.45, 7) is 3.91. The lowest BCUT2D eigenvalue weighted by molar-refractivity contribution is 0.963. The number of nitrogens with one attached hydrogen (secondary N) is 2. The predicted octanol–water partition coefficient (Wildman–Crippen LogP) is 0.761. The number of hydrogen-bond acceptors (Lipinski definition) is 6. The van der Waals surface area contributed by atoms with Gasteiger partial charge in [0.15, 0.2) is 10.3 Å². The molecule has 0 radical (unpaired) electrons. The molecule has 0 aromatic heterocycles. The van der Waals surface area contributed by atoms with Crippen molar-refractivity contribution in [2.45, 2.75) is 6.42 Å². The molecule has 2 aliphatic rings. The van der Waals surface area contributed by atoms with E-state index in [-0.39, 0.29) is 0 Å². The quantitative estimate of drug-likeness (QED) is 0.717. The molecular formula is C9H16N4S2. The summed E-state index contributed by atoms with van der Waals surface area (Å²) in [4.78, 5) is 8.67. The second-order valence-electron chi connectivity index (χ2n) is 3.28. The number of amidine groups is 2. The van der Waals surface area contributed by atoms with Gasteiger partial charge >= 0.3 is 0 Å². The summed E-state index contributed by atoms with van der Waals surface area (Å²) in [6, 6.07) is 0. The van der Waals surface area contributed by atoms with E-state index in [2.05, 4.69) is 20.6 Å². The van der Waals surface area contributed by atoms with Crippen LogP contribution >= 0.6 is 23.5 Å². The van der Waals surface area contributed by atoms with Crippen molar-refractivity contribution in [2.24, 2.45) is 9.98 Å². The Morgan fingerprint density at radius 1 is 0.933 bits per heavy atom. The highest BCUT2D eigenvalue weighted by atomic mass is 32.2. The zero-order valence-electron chi connectivity index (χ0n) is 8.66. The minimum absolute atomic E-state index is 0.942. The summed E-state index contributed by atoms with van der Waals surface area (Å²) in [7, 11) is 0. The Morgan fingerprint density at radius 2 is 1.47 bits per heavy atom. The lowest BCUT2D eigenvalue weighted by Crippen LogP contribution is -2.16. The number of nitrogens with zero attached hydrogens (tertiary/aromatic N) is 2. The van der Waals surface area contributed by atoms with Crippen molar-refractivity contribution in [1.29, 1.82) is 0 Å². The molecule has 0 aromatic carbocycles. The summed E-state index contributed by atoms with van der Waals surface area (Å²) in [5, 5.41) is 8.76. The molecule has 0 amide bonds. The van der Waals surface area contributed by atoms with Gasteiger partial charge in [0, 0.05) is 24.6 Å². The van der Waals surface area contributed by atoms with Crippen LogP contribution in [0.25, 0.3) is 0 Å². The molecule has 0 atom stereocenters. The minimum Gasteiger partial charge on any atom is -0.363 e. The van der Waals surface area contributed by atoms with Gasteiger partial charge in [-0.05, 0) is 6.42 Å². The van der Waals surface area contributed by atoms with Crippen LogP contribution in [0.1, 0.15) is 6.42 Å². The van der Waals surface area contributed by atoms with Crippen LogP contribution in [0.3, 0.4) is 0 Å². The molecule has 6 heteroatoms. The van der Waals surface area contributed by atoms with Crippen LogP contribution in [0.2, 0.25) is 0 Å². The van der Waals surface area contributed by atoms with Crippen molar-refractivity contribution in [2.75, 3.05) is 37.7 Å². The Bertz CT molecular complexity index is 239. The first kappa shape index (κ1) is 11.1. The van der Waals surface area contributed by atoms with Crippen LogP contribution in [0.4, 0.5) is 0 Å². The van der Waals surface area contributed by atoms with Crippen molar-refractivity contribution in [3.63, 3.8) is 0 Å². The normalized spacial score (nSPS) is 19.5. The lowest BCUT2D eigenvalue weighted by Gasteiger charge is -2.02. The summed E-state index contributed by atoms with van der Waals surface area (Å²) in [5.74, 6) is 2.29. The molecule has 2 aliphatic heterocycles. The van der Waals surface area contributed by atoms with Crippen molar-refractivity contribution < 1.29 is 0 Å². The number of thioether (sulfide) groups is 2.